The van der Waals surface area contributed by atoms with Crippen LogP contribution in [0.1, 0.15) is 52.1 Å². The molecule has 2 aromatic rings. The van der Waals surface area contributed by atoms with Crippen molar-refractivity contribution in [3.63, 3.8) is 0 Å². The number of benzene rings is 1. The highest BCUT2D eigenvalue weighted by molar-refractivity contribution is 6.25. The van der Waals surface area contributed by atoms with Crippen molar-refractivity contribution in [3.8, 4) is 17.1 Å². The molecule has 1 aromatic carbocycles. The predicted octanol–water partition coefficient (Wildman–Crippen LogP) is 3.99. The first kappa shape index (κ1) is 29.0. The van der Waals surface area contributed by atoms with Crippen molar-refractivity contribution < 1.29 is 24.2 Å². The molecule has 0 aliphatic carbocycles. The fraction of sp³-hybridized carbons (Fsp3) is 0.393. The standard InChI is InChI=1S/C28H36FN5O4/c1-6-17(4)27(30)32-24-13-23(33-28(26(24)16(2)3)34-38-15-19(36)14-35)20-11-10-18(29)12-21(20)22-8-7-9-25(31-22)37-5/h7-12,19,23,35-36H,6,13-15,30H2,1-5H3,(H,33,34)/b27-17+,32-24-/t19?,23-/m1/s1. The average Bonchev–Trinajstić information content (AvgIpc) is 2.91. The van der Waals surface area contributed by atoms with Gasteiger partial charge in [0.25, 0.3) is 0 Å². The molecular formula is C28H36FN5O4. The van der Waals surface area contributed by atoms with Crippen LogP contribution in [-0.2, 0) is 4.84 Å². The summed E-state index contributed by atoms with van der Waals surface area (Å²) < 4.78 is 19.7. The van der Waals surface area contributed by atoms with Crippen molar-refractivity contribution in [1.29, 1.82) is 0 Å². The zero-order chi connectivity index (χ0) is 27.8. The summed E-state index contributed by atoms with van der Waals surface area (Å²) in [6.07, 6.45) is 0.0891. The Bertz CT molecular complexity index is 1270. The van der Waals surface area contributed by atoms with Crippen LogP contribution in [0.5, 0.6) is 5.88 Å². The van der Waals surface area contributed by atoms with E-state index in [1.165, 1.54) is 19.2 Å². The number of aliphatic imine (C=N–C) groups is 2. The minimum absolute atomic E-state index is 0.158. The number of hydrogen-bond donors (Lipinski definition) is 4. The van der Waals surface area contributed by atoms with E-state index in [-0.39, 0.29) is 6.61 Å². The van der Waals surface area contributed by atoms with Gasteiger partial charge in [-0.1, -0.05) is 24.6 Å². The molecule has 2 heterocycles. The summed E-state index contributed by atoms with van der Waals surface area (Å²) in [6.45, 7) is 7.20. The van der Waals surface area contributed by atoms with E-state index in [0.29, 0.717) is 40.9 Å². The van der Waals surface area contributed by atoms with Crippen LogP contribution in [0.25, 0.3) is 11.3 Å². The van der Waals surface area contributed by atoms with Gasteiger partial charge in [-0.3, -0.25) is 9.83 Å². The van der Waals surface area contributed by atoms with Gasteiger partial charge < -0.3 is 20.7 Å². The Morgan fingerprint density at radius 2 is 2.03 bits per heavy atom. The maximum atomic E-state index is 14.5. The van der Waals surface area contributed by atoms with E-state index in [9.17, 15) is 9.50 Å². The largest absolute Gasteiger partial charge is 0.481 e. The molecule has 1 aromatic heterocycles. The first-order chi connectivity index (χ1) is 18.2. The van der Waals surface area contributed by atoms with Crippen LogP contribution < -0.4 is 16.0 Å². The van der Waals surface area contributed by atoms with Crippen LogP contribution in [0.15, 0.2) is 68.9 Å². The van der Waals surface area contributed by atoms with E-state index in [1.54, 1.807) is 24.3 Å². The molecule has 0 saturated heterocycles. The topological polar surface area (TPSA) is 135 Å². The summed E-state index contributed by atoms with van der Waals surface area (Å²) in [7, 11) is 1.52. The van der Waals surface area contributed by atoms with Crippen molar-refractivity contribution in [2.75, 3.05) is 20.3 Å². The highest BCUT2D eigenvalue weighted by Gasteiger charge is 2.30. The second-order valence-corrected chi connectivity index (χ2v) is 9.20. The van der Waals surface area contributed by atoms with Gasteiger partial charge in [0.15, 0.2) is 5.84 Å². The summed E-state index contributed by atoms with van der Waals surface area (Å²) in [5.41, 5.74) is 14.3. The van der Waals surface area contributed by atoms with Crippen LogP contribution in [0.4, 0.5) is 4.39 Å². The molecule has 0 radical (unpaired) electrons. The van der Waals surface area contributed by atoms with E-state index < -0.39 is 24.6 Å². The van der Waals surface area contributed by atoms with Crippen molar-refractivity contribution in [2.45, 2.75) is 52.7 Å². The average molecular weight is 526 g/mol. The van der Waals surface area contributed by atoms with Crippen molar-refractivity contribution in [1.82, 2.24) is 10.5 Å². The lowest BCUT2D eigenvalue weighted by Gasteiger charge is -2.28. The number of ether oxygens (including phenoxy) is 1. The number of allylic oxidation sites excluding steroid dienone is 2. The third-order valence-electron chi connectivity index (χ3n) is 6.16. The van der Waals surface area contributed by atoms with Gasteiger partial charge >= 0.3 is 0 Å². The number of aromatic nitrogens is 1. The van der Waals surface area contributed by atoms with E-state index in [1.807, 2.05) is 27.7 Å². The molecule has 1 unspecified atom stereocenters. The van der Waals surface area contributed by atoms with E-state index in [2.05, 4.69) is 10.5 Å². The lowest BCUT2D eigenvalue weighted by Crippen LogP contribution is -2.36. The van der Waals surface area contributed by atoms with Crippen LogP contribution >= 0.6 is 0 Å². The summed E-state index contributed by atoms with van der Waals surface area (Å²) in [4.78, 5) is 19.7. The Labute approximate surface area is 222 Å². The predicted molar refractivity (Wildman–Crippen MR) is 146 cm³/mol. The highest BCUT2D eigenvalue weighted by atomic mass is 19.1. The van der Waals surface area contributed by atoms with Crippen LogP contribution in [0.3, 0.4) is 0 Å². The lowest BCUT2D eigenvalue weighted by atomic mass is 9.88. The Morgan fingerprint density at radius 1 is 1.26 bits per heavy atom. The van der Waals surface area contributed by atoms with Crippen LogP contribution in [0.2, 0.25) is 0 Å². The molecule has 2 atom stereocenters. The van der Waals surface area contributed by atoms with Gasteiger partial charge in [0, 0.05) is 23.6 Å². The van der Waals surface area contributed by atoms with E-state index >= 15 is 0 Å². The quantitative estimate of drug-likeness (QED) is 0.364. The van der Waals surface area contributed by atoms with Gasteiger partial charge in [-0.15, -0.1) is 0 Å². The molecule has 38 heavy (non-hydrogen) atoms. The van der Waals surface area contributed by atoms with Gasteiger partial charge in [0.2, 0.25) is 5.88 Å². The highest BCUT2D eigenvalue weighted by Crippen LogP contribution is 2.37. The van der Waals surface area contributed by atoms with Gasteiger partial charge in [-0.25, -0.2) is 19.8 Å². The number of hydrogen-bond acceptors (Lipinski definition) is 9. The number of amidine groups is 1. The lowest BCUT2D eigenvalue weighted by molar-refractivity contribution is -0.0159. The number of aliphatic hydroxyl groups is 2. The first-order valence-corrected chi connectivity index (χ1v) is 12.4. The summed E-state index contributed by atoms with van der Waals surface area (Å²) >= 11 is 0. The smallest absolute Gasteiger partial charge is 0.213 e. The molecule has 0 bridgehead atoms. The third kappa shape index (κ3) is 7.03. The van der Waals surface area contributed by atoms with Crippen molar-refractivity contribution >= 4 is 11.5 Å². The molecule has 0 fully saturated rings. The fourth-order valence-electron chi connectivity index (χ4n) is 3.97. The molecule has 10 heteroatoms. The summed E-state index contributed by atoms with van der Waals surface area (Å²) in [5, 5.41) is 18.9. The maximum Gasteiger partial charge on any atom is 0.213 e. The molecule has 1 aliphatic rings. The van der Waals surface area contributed by atoms with Gasteiger partial charge in [-0.2, -0.15) is 0 Å². The second-order valence-electron chi connectivity index (χ2n) is 9.20. The molecule has 5 N–H and O–H groups in total. The molecule has 3 rings (SSSR count). The monoisotopic (exact) mass is 525 g/mol. The minimum Gasteiger partial charge on any atom is -0.481 e. The summed E-state index contributed by atoms with van der Waals surface area (Å²) in [5.74, 6) is 0.815. The molecule has 0 amide bonds. The van der Waals surface area contributed by atoms with Crippen molar-refractivity contribution in [2.24, 2.45) is 15.7 Å². The molecular weight excluding hydrogens is 489 g/mol. The molecule has 204 valence electrons. The maximum absolute atomic E-state index is 14.5. The normalized spacial score (nSPS) is 18.1. The Hall–Kier alpha value is -3.60. The third-order valence-corrected chi connectivity index (χ3v) is 6.16. The number of nitrogens with two attached hydrogens (primary N) is 1. The molecule has 0 spiro atoms. The molecule has 1 aliphatic heterocycles. The number of nitrogens with one attached hydrogen (secondary N) is 1. The molecule has 9 nitrogen and oxygen atoms in total. The minimum atomic E-state index is -1.06. The Kier molecular flexibility index (Phi) is 10.1. The summed E-state index contributed by atoms with van der Waals surface area (Å²) in [6, 6.07) is 9.32. The Balaban J connectivity index is 2.17. The van der Waals surface area contributed by atoms with E-state index in [0.717, 1.165) is 28.7 Å². The Morgan fingerprint density at radius 3 is 2.68 bits per heavy atom. The van der Waals surface area contributed by atoms with Crippen LogP contribution in [0, 0.1) is 5.82 Å². The zero-order valence-electron chi connectivity index (χ0n) is 22.5. The number of nitrogens with zero attached hydrogens (tertiary/aromatic N) is 3. The number of methoxy groups -OCH3 is 1. The van der Waals surface area contributed by atoms with Crippen molar-refractivity contribution in [3.05, 3.63) is 70.3 Å². The van der Waals surface area contributed by atoms with E-state index in [4.69, 9.17) is 30.4 Å². The SMILES string of the molecule is CC/C(C)=C(N)/N=C1/C[C@H](c2ccc(F)cc2-c2cccc(OC)n2)N=C(NOCC(O)CO)C1=C(C)C. The van der Waals surface area contributed by atoms with Gasteiger partial charge in [0.05, 0.1) is 31.2 Å². The molecule has 0 saturated carbocycles. The number of halogens is 1. The fourth-order valence-corrected chi connectivity index (χ4v) is 3.97. The number of aliphatic hydroxyl groups excluding tert-OH is 2. The number of rotatable bonds is 9. The second kappa shape index (κ2) is 13.3. The zero-order valence-corrected chi connectivity index (χ0v) is 22.5. The van der Waals surface area contributed by atoms with Gasteiger partial charge in [-0.05, 0) is 56.5 Å². The van der Waals surface area contributed by atoms with Crippen LogP contribution in [-0.4, -0.2) is 53.2 Å². The number of pyridine rings is 1. The van der Waals surface area contributed by atoms with Gasteiger partial charge in [0.1, 0.15) is 24.3 Å². The first-order valence-electron chi connectivity index (χ1n) is 12.4. The number of hydroxylamine groups is 1.